The van der Waals surface area contributed by atoms with Gasteiger partial charge in [-0.05, 0) is 30.5 Å². The van der Waals surface area contributed by atoms with Crippen molar-refractivity contribution in [1.29, 1.82) is 0 Å². The molecule has 1 atom stereocenters. The Kier molecular flexibility index (Phi) is 4.16. The Hall–Kier alpha value is -1.88. The molecular formula is C14H19N3O2. The highest BCUT2D eigenvalue weighted by atomic mass is 16.4. The number of hydrogen-bond acceptors (Lipinski definition) is 3. The molecule has 1 aromatic heterocycles. The summed E-state index contributed by atoms with van der Waals surface area (Å²) in [7, 11) is 0. The van der Waals surface area contributed by atoms with Gasteiger partial charge in [0.05, 0.1) is 11.0 Å². The second kappa shape index (κ2) is 5.84. The van der Waals surface area contributed by atoms with Crippen LogP contribution in [-0.4, -0.2) is 27.1 Å². The molecular weight excluding hydrogens is 242 g/mol. The molecule has 0 spiro atoms. The maximum atomic E-state index is 10.7. The Labute approximate surface area is 111 Å². The molecule has 2 aromatic rings. The van der Waals surface area contributed by atoms with Gasteiger partial charge in [0.2, 0.25) is 0 Å². The van der Waals surface area contributed by atoms with Gasteiger partial charge in [0.25, 0.3) is 0 Å². The third kappa shape index (κ3) is 3.32. The number of nitrogens with two attached hydrogens (primary N) is 1. The number of nitrogens with zero attached hydrogens (tertiary/aromatic N) is 1. The van der Waals surface area contributed by atoms with Gasteiger partial charge in [-0.1, -0.05) is 19.4 Å². The molecule has 0 fully saturated rings. The molecule has 0 saturated carbocycles. The summed E-state index contributed by atoms with van der Waals surface area (Å²) >= 11 is 0. The molecule has 5 heteroatoms. The summed E-state index contributed by atoms with van der Waals surface area (Å²) in [6, 6.07) is 5.19. The van der Waals surface area contributed by atoms with E-state index in [1.165, 1.54) is 12.0 Å². The molecule has 0 aliphatic heterocycles. The third-order valence-electron chi connectivity index (χ3n) is 3.14. The Morgan fingerprint density at radius 3 is 3.00 bits per heavy atom. The molecule has 0 radical (unpaired) electrons. The number of H-pyrrole nitrogens is 1. The van der Waals surface area contributed by atoms with Crippen molar-refractivity contribution in [2.24, 2.45) is 5.73 Å². The van der Waals surface area contributed by atoms with Crippen LogP contribution in [0.25, 0.3) is 11.0 Å². The monoisotopic (exact) mass is 261 g/mol. The molecule has 0 unspecified atom stereocenters. The molecule has 5 nitrogen and oxygen atoms in total. The SMILES string of the molecule is CCCCc1ccc2nc(C[C@@H](N)C(=O)O)[nH]c2c1. The maximum absolute atomic E-state index is 10.7. The first kappa shape index (κ1) is 13.5. The Morgan fingerprint density at radius 2 is 2.32 bits per heavy atom. The van der Waals surface area contributed by atoms with Gasteiger partial charge < -0.3 is 15.8 Å². The van der Waals surface area contributed by atoms with Crippen molar-refractivity contribution in [3.63, 3.8) is 0 Å². The number of aryl methyl sites for hydroxylation is 1. The first-order chi connectivity index (χ1) is 9.10. The number of imidazole rings is 1. The zero-order valence-electron chi connectivity index (χ0n) is 11.0. The molecule has 0 bridgehead atoms. The van der Waals surface area contributed by atoms with Crippen LogP contribution in [0.3, 0.4) is 0 Å². The number of carboxylic acids is 1. The maximum Gasteiger partial charge on any atom is 0.320 e. The number of aliphatic carboxylic acids is 1. The lowest BCUT2D eigenvalue weighted by molar-refractivity contribution is -0.138. The zero-order valence-corrected chi connectivity index (χ0v) is 11.0. The van der Waals surface area contributed by atoms with Crippen LogP contribution in [0.1, 0.15) is 31.2 Å². The standard InChI is InChI=1S/C14H19N3O2/c1-2-3-4-9-5-6-11-12(7-9)17-13(16-11)8-10(15)14(18)19/h5-7,10H,2-4,8,15H2,1H3,(H,16,17)(H,18,19)/t10-/m1/s1. The van der Waals surface area contributed by atoms with E-state index in [1.54, 1.807) is 0 Å². The topological polar surface area (TPSA) is 92.0 Å². The van der Waals surface area contributed by atoms with E-state index in [4.69, 9.17) is 10.8 Å². The minimum Gasteiger partial charge on any atom is -0.480 e. The predicted octanol–water partition coefficient (Wildman–Crippen LogP) is 1.86. The number of aromatic nitrogens is 2. The van der Waals surface area contributed by atoms with E-state index < -0.39 is 12.0 Å². The van der Waals surface area contributed by atoms with Crippen LogP contribution in [0.15, 0.2) is 18.2 Å². The number of hydrogen-bond donors (Lipinski definition) is 3. The third-order valence-corrected chi connectivity index (χ3v) is 3.14. The number of carboxylic acid groups (broad SMARTS) is 1. The van der Waals surface area contributed by atoms with E-state index >= 15 is 0 Å². The number of fused-ring (bicyclic) bond motifs is 1. The van der Waals surface area contributed by atoms with E-state index in [-0.39, 0.29) is 6.42 Å². The fourth-order valence-electron chi connectivity index (χ4n) is 2.04. The summed E-state index contributed by atoms with van der Waals surface area (Å²) in [5, 5.41) is 8.79. The molecule has 0 aliphatic rings. The van der Waals surface area contributed by atoms with Crippen LogP contribution >= 0.6 is 0 Å². The minimum absolute atomic E-state index is 0.217. The van der Waals surface area contributed by atoms with Gasteiger partial charge in [0.1, 0.15) is 11.9 Å². The molecule has 0 saturated heterocycles. The molecule has 0 amide bonds. The van der Waals surface area contributed by atoms with E-state index in [0.29, 0.717) is 5.82 Å². The first-order valence-corrected chi connectivity index (χ1v) is 6.56. The van der Waals surface area contributed by atoms with Gasteiger partial charge in [-0.15, -0.1) is 0 Å². The van der Waals surface area contributed by atoms with Gasteiger partial charge >= 0.3 is 5.97 Å². The van der Waals surface area contributed by atoms with E-state index in [9.17, 15) is 4.79 Å². The first-order valence-electron chi connectivity index (χ1n) is 6.56. The highest BCUT2D eigenvalue weighted by Gasteiger charge is 2.14. The number of unbranched alkanes of at least 4 members (excludes halogenated alkanes) is 1. The molecule has 1 heterocycles. The van der Waals surface area contributed by atoms with Crippen LogP contribution in [0.2, 0.25) is 0 Å². The molecule has 0 aliphatic carbocycles. The lowest BCUT2D eigenvalue weighted by Gasteiger charge is -2.01. The average molecular weight is 261 g/mol. The van der Waals surface area contributed by atoms with E-state index in [0.717, 1.165) is 23.9 Å². The lowest BCUT2D eigenvalue weighted by atomic mass is 10.1. The Bertz CT molecular complexity index is 577. The van der Waals surface area contributed by atoms with Gasteiger partial charge in [-0.25, -0.2) is 4.98 Å². The fourth-order valence-corrected chi connectivity index (χ4v) is 2.04. The van der Waals surface area contributed by atoms with Gasteiger partial charge in [0.15, 0.2) is 0 Å². The number of benzene rings is 1. The van der Waals surface area contributed by atoms with Crippen LogP contribution in [0, 0.1) is 0 Å². The number of carbonyl (C=O) groups is 1. The average Bonchev–Trinajstić information content (AvgIpc) is 2.77. The van der Waals surface area contributed by atoms with Crippen LogP contribution in [0.4, 0.5) is 0 Å². The molecule has 4 N–H and O–H groups in total. The highest BCUT2D eigenvalue weighted by Crippen LogP contribution is 2.16. The fraction of sp³-hybridized carbons (Fsp3) is 0.429. The summed E-state index contributed by atoms with van der Waals surface area (Å²) in [5.74, 6) is -0.387. The van der Waals surface area contributed by atoms with Gasteiger partial charge in [0, 0.05) is 6.42 Å². The number of rotatable bonds is 6. The number of nitrogens with one attached hydrogen (secondary N) is 1. The zero-order chi connectivity index (χ0) is 13.8. The van der Waals surface area contributed by atoms with Crippen molar-refractivity contribution in [1.82, 2.24) is 9.97 Å². The Morgan fingerprint density at radius 1 is 1.53 bits per heavy atom. The van der Waals surface area contributed by atoms with Gasteiger partial charge in [-0.3, -0.25) is 4.79 Å². The van der Waals surface area contributed by atoms with Crippen molar-refractivity contribution in [3.8, 4) is 0 Å². The summed E-state index contributed by atoms with van der Waals surface area (Å²) in [6.07, 6.45) is 3.60. The number of aromatic amines is 1. The van der Waals surface area contributed by atoms with E-state index in [1.807, 2.05) is 6.07 Å². The molecule has 19 heavy (non-hydrogen) atoms. The molecule has 2 rings (SSSR count). The van der Waals surface area contributed by atoms with Crippen molar-refractivity contribution in [2.75, 3.05) is 0 Å². The van der Waals surface area contributed by atoms with Gasteiger partial charge in [-0.2, -0.15) is 0 Å². The van der Waals surface area contributed by atoms with Crippen LogP contribution in [-0.2, 0) is 17.6 Å². The summed E-state index contributed by atoms with van der Waals surface area (Å²) in [6.45, 7) is 2.17. The van der Waals surface area contributed by atoms with Crippen molar-refractivity contribution >= 4 is 17.0 Å². The van der Waals surface area contributed by atoms with Crippen LogP contribution < -0.4 is 5.73 Å². The van der Waals surface area contributed by atoms with Crippen molar-refractivity contribution in [2.45, 2.75) is 38.6 Å². The second-order valence-corrected chi connectivity index (χ2v) is 4.79. The Balaban J connectivity index is 2.18. The summed E-state index contributed by atoms with van der Waals surface area (Å²) < 4.78 is 0. The second-order valence-electron chi connectivity index (χ2n) is 4.79. The van der Waals surface area contributed by atoms with Crippen molar-refractivity contribution in [3.05, 3.63) is 29.6 Å². The lowest BCUT2D eigenvalue weighted by Crippen LogP contribution is -2.32. The minimum atomic E-state index is -1.01. The normalized spacial score (nSPS) is 12.7. The highest BCUT2D eigenvalue weighted by molar-refractivity contribution is 5.77. The smallest absolute Gasteiger partial charge is 0.320 e. The summed E-state index contributed by atoms with van der Waals surface area (Å²) in [4.78, 5) is 18.2. The largest absolute Gasteiger partial charge is 0.480 e. The summed E-state index contributed by atoms with van der Waals surface area (Å²) in [5.41, 5.74) is 8.58. The van der Waals surface area contributed by atoms with Crippen molar-refractivity contribution < 1.29 is 9.90 Å². The van der Waals surface area contributed by atoms with Crippen LogP contribution in [0.5, 0.6) is 0 Å². The van der Waals surface area contributed by atoms with E-state index in [2.05, 4.69) is 29.0 Å². The molecule has 1 aromatic carbocycles. The quantitative estimate of drug-likeness (QED) is 0.740. The predicted molar refractivity (Wildman–Crippen MR) is 74.0 cm³/mol. The molecule has 102 valence electrons.